The van der Waals surface area contributed by atoms with Gasteiger partial charge in [0.05, 0.1) is 4.91 Å². The van der Waals surface area contributed by atoms with Crippen LogP contribution >= 0.6 is 11.8 Å². The minimum absolute atomic E-state index is 0.0651. The molecule has 1 heterocycles. The van der Waals surface area contributed by atoms with Crippen LogP contribution in [0.2, 0.25) is 0 Å². The van der Waals surface area contributed by atoms with Crippen LogP contribution in [0, 0.1) is 0 Å². The molecule has 1 aromatic heterocycles. The summed E-state index contributed by atoms with van der Waals surface area (Å²) in [4.78, 5) is 36.4. The van der Waals surface area contributed by atoms with Gasteiger partial charge in [0.25, 0.3) is 5.91 Å². The minimum Gasteiger partial charge on any atom is -0.396 e. The summed E-state index contributed by atoms with van der Waals surface area (Å²) in [7, 11) is 1.41. The van der Waals surface area contributed by atoms with E-state index >= 15 is 0 Å². The Labute approximate surface area is 131 Å². The second kappa shape index (κ2) is 7.37. The number of aliphatic hydroxyl groups is 1. The van der Waals surface area contributed by atoms with Crippen molar-refractivity contribution in [3.8, 4) is 0 Å². The van der Waals surface area contributed by atoms with E-state index in [9.17, 15) is 14.4 Å². The van der Waals surface area contributed by atoms with Gasteiger partial charge < -0.3 is 14.9 Å². The molecule has 1 amide bonds. The van der Waals surface area contributed by atoms with Crippen molar-refractivity contribution in [2.24, 2.45) is 0 Å². The number of fused-ring (bicyclic) bond motifs is 1. The van der Waals surface area contributed by atoms with Gasteiger partial charge in [-0.25, -0.2) is 0 Å². The fourth-order valence-corrected chi connectivity index (χ4v) is 2.99. The number of unbranched alkanes of at least 4 members (excludes halogenated alkanes) is 2. The van der Waals surface area contributed by atoms with Crippen molar-refractivity contribution < 1.29 is 24.0 Å². The number of hydrogen-bond acceptors (Lipinski definition) is 7. The summed E-state index contributed by atoms with van der Waals surface area (Å²) in [5.41, 5.74) is -0.230. The zero-order chi connectivity index (χ0) is 16.1. The summed E-state index contributed by atoms with van der Waals surface area (Å²) in [6.45, 7) is 0.143. The summed E-state index contributed by atoms with van der Waals surface area (Å²) >= 11 is 1.26. The van der Waals surface area contributed by atoms with Crippen LogP contribution in [-0.4, -0.2) is 47.1 Å². The Kier molecular flexibility index (Phi) is 5.51. The number of allylic oxidation sites excluding steroid dienone is 2. The van der Waals surface area contributed by atoms with Crippen molar-refractivity contribution in [3.63, 3.8) is 0 Å². The molecule has 0 spiro atoms. The molecule has 118 valence electrons. The van der Waals surface area contributed by atoms with Crippen molar-refractivity contribution in [1.29, 1.82) is 0 Å². The smallest absolute Gasteiger partial charge is 0.274 e. The van der Waals surface area contributed by atoms with E-state index in [1.165, 1.54) is 24.9 Å². The van der Waals surface area contributed by atoms with Gasteiger partial charge in [-0.1, -0.05) is 11.6 Å². The lowest BCUT2D eigenvalue weighted by Gasteiger charge is -2.10. The van der Waals surface area contributed by atoms with E-state index in [1.54, 1.807) is 0 Å². The molecule has 0 aliphatic heterocycles. The number of Topliss-reactive ketones (excluding diaryl/α,β-unsaturated/α-hetero) is 1. The average molecular weight is 324 g/mol. The number of aliphatic hydroxyl groups excluding tert-OH is 1. The molecular weight excluding hydrogens is 308 g/mol. The highest BCUT2D eigenvalue weighted by Crippen LogP contribution is 2.30. The summed E-state index contributed by atoms with van der Waals surface area (Å²) in [5, 5.41) is 14.6. The molecule has 1 aromatic rings. The Balaban J connectivity index is 2.13. The van der Waals surface area contributed by atoms with Crippen LogP contribution in [0.3, 0.4) is 0 Å². The molecule has 0 saturated carbocycles. The molecule has 2 rings (SSSR count). The van der Waals surface area contributed by atoms with E-state index in [4.69, 9.17) is 9.63 Å². The first-order chi connectivity index (χ1) is 10.6. The number of amides is 1. The molecule has 0 unspecified atom stereocenters. The highest BCUT2D eigenvalue weighted by Gasteiger charge is 2.35. The first-order valence-corrected chi connectivity index (χ1v) is 7.84. The standard InChI is InChI=1S/C14H16N2O5S/c1-15-14(20)11-10-12(19)9(22-6-4-2-3-5-17)7-8(18)13(10)21-16-11/h7,17H,2-6H2,1H3,(H,15,20). The number of nitrogens with zero attached hydrogens (tertiary/aromatic N) is 1. The molecular formula is C14H16N2O5S. The molecule has 1 aliphatic carbocycles. The molecule has 22 heavy (non-hydrogen) atoms. The third-order valence-corrected chi connectivity index (χ3v) is 4.24. The predicted octanol–water partition coefficient (Wildman–Crippen LogP) is 1.19. The number of carbonyl (C=O) groups is 3. The second-order valence-corrected chi connectivity index (χ2v) is 5.79. The Bertz CT molecular complexity index is 635. The zero-order valence-corrected chi connectivity index (χ0v) is 12.9. The fraction of sp³-hybridized carbons (Fsp3) is 0.429. The quantitative estimate of drug-likeness (QED) is 0.725. The minimum atomic E-state index is -0.569. The fourth-order valence-electron chi connectivity index (χ4n) is 2.00. The molecule has 0 saturated heterocycles. The van der Waals surface area contributed by atoms with Gasteiger partial charge in [0.1, 0.15) is 5.56 Å². The van der Waals surface area contributed by atoms with E-state index in [0.717, 1.165) is 12.8 Å². The molecule has 7 nitrogen and oxygen atoms in total. The van der Waals surface area contributed by atoms with Crippen LogP contribution < -0.4 is 5.32 Å². The first-order valence-electron chi connectivity index (χ1n) is 6.86. The van der Waals surface area contributed by atoms with Crippen LogP contribution in [0.25, 0.3) is 0 Å². The number of carbonyl (C=O) groups excluding carboxylic acids is 3. The maximum absolute atomic E-state index is 12.4. The summed E-state index contributed by atoms with van der Waals surface area (Å²) in [6.07, 6.45) is 3.60. The lowest BCUT2D eigenvalue weighted by Crippen LogP contribution is -2.23. The average Bonchev–Trinajstić information content (AvgIpc) is 2.96. The summed E-state index contributed by atoms with van der Waals surface area (Å²) in [6, 6.07) is 0. The molecule has 0 aromatic carbocycles. The van der Waals surface area contributed by atoms with Gasteiger partial charge in [0.2, 0.25) is 17.3 Å². The number of aromatic nitrogens is 1. The Morgan fingerprint density at radius 1 is 1.36 bits per heavy atom. The van der Waals surface area contributed by atoms with E-state index < -0.39 is 17.5 Å². The molecule has 8 heteroatoms. The van der Waals surface area contributed by atoms with Crippen molar-refractivity contribution in [2.45, 2.75) is 19.3 Å². The molecule has 0 fully saturated rings. The van der Waals surface area contributed by atoms with Gasteiger partial charge in [-0.15, -0.1) is 11.8 Å². The van der Waals surface area contributed by atoms with Crippen molar-refractivity contribution >= 4 is 29.2 Å². The van der Waals surface area contributed by atoms with Gasteiger partial charge in [-0.3, -0.25) is 14.4 Å². The highest BCUT2D eigenvalue weighted by atomic mass is 32.2. The Morgan fingerprint density at radius 3 is 2.82 bits per heavy atom. The largest absolute Gasteiger partial charge is 0.396 e. The van der Waals surface area contributed by atoms with Crippen molar-refractivity contribution in [3.05, 3.63) is 28.0 Å². The topological polar surface area (TPSA) is 110 Å². The van der Waals surface area contributed by atoms with Gasteiger partial charge in [-0.2, -0.15) is 0 Å². The van der Waals surface area contributed by atoms with Crippen LogP contribution in [0.5, 0.6) is 0 Å². The molecule has 0 bridgehead atoms. The second-order valence-electron chi connectivity index (χ2n) is 4.65. The lowest BCUT2D eigenvalue weighted by atomic mass is 10.00. The van der Waals surface area contributed by atoms with Gasteiger partial charge in [0.15, 0.2) is 5.69 Å². The zero-order valence-electron chi connectivity index (χ0n) is 12.0. The van der Waals surface area contributed by atoms with E-state index in [1.807, 2.05) is 0 Å². The number of nitrogens with one attached hydrogen (secondary N) is 1. The Hall–Kier alpha value is -1.93. The number of hydrogen-bond donors (Lipinski definition) is 2. The molecule has 0 radical (unpaired) electrons. The third kappa shape index (κ3) is 3.28. The number of ketones is 2. The number of rotatable bonds is 7. The Morgan fingerprint density at radius 2 is 2.14 bits per heavy atom. The van der Waals surface area contributed by atoms with Crippen molar-refractivity contribution in [1.82, 2.24) is 10.5 Å². The molecule has 0 atom stereocenters. The van der Waals surface area contributed by atoms with Crippen LogP contribution in [0.1, 0.15) is 50.7 Å². The summed E-state index contributed by atoms with van der Waals surface area (Å²) < 4.78 is 4.84. The van der Waals surface area contributed by atoms with E-state index in [2.05, 4.69) is 10.5 Å². The number of thioether (sulfide) groups is 1. The van der Waals surface area contributed by atoms with Gasteiger partial charge in [0, 0.05) is 19.7 Å². The normalized spacial score (nSPS) is 13.8. The third-order valence-electron chi connectivity index (χ3n) is 3.13. The van der Waals surface area contributed by atoms with Gasteiger partial charge in [-0.05, 0) is 18.6 Å². The van der Waals surface area contributed by atoms with Crippen LogP contribution in [0.4, 0.5) is 0 Å². The SMILES string of the molecule is CNC(=O)c1noc2c1C(=O)C(SCCCCCO)=CC2=O. The molecule has 2 N–H and O–H groups in total. The van der Waals surface area contributed by atoms with Gasteiger partial charge >= 0.3 is 0 Å². The predicted molar refractivity (Wildman–Crippen MR) is 80.0 cm³/mol. The molecule has 1 aliphatic rings. The van der Waals surface area contributed by atoms with E-state index in [0.29, 0.717) is 12.2 Å². The first kappa shape index (κ1) is 16.4. The lowest BCUT2D eigenvalue weighted by molar-refractivity contribution is 0.0944. The van der Waals surface area contributed by atoms with Crippen LogP contribution in [0.15, 0.2) is 15.5 Å². The van der Waals surface area contributed by atoms with E-state index in [-0.39, 0.29) is 28.5 Å². The summed E-state index contributed by atoms with van der Waals surface area (Å²) in [5.74, 6) is -0.980. The monoisotopic (exact) mass is 324 g/mol. The van der Waals surface area contributed by atoms with Crippen molar-refractivity contribution in [2.75, 3.05) is 19.4 Å². The highest BCUT2D eigenvalue weighted by molar-refractivity contribution is 8.04. The maximum atomic E-state index is 12.4. The van der Waals surface area contributed by atoms with Crippen LogP contribution in [-0.2, 0) is 0 Å². The maximum Gasteiger partial charge on any atom is 0.274 e.